The van der Waals surface area contributed by atoms with Gasteiger partial charge in [-0.3, -0.25) is 9.82 Å². The van der Waals surface area contributed by atoms with E-state index in [2.05, 4.69) is 14.9 Å². The van der Waals surface area contributed by atoms with Crippen LogP contribution in [0.15, 0.2) is 30.3 Å². The number of rotatable bonds is 4. The number of nitrogens with zero attached hydrogens (tertiary/aromatic N) is 1. The zero-order chi connectivity index (χ0) is 14.0. The number of aromatic carboxylic acids is 1. The smallest absolute Gasteiger partial charge is 0.353 e. The molecule has 0 saturated heterocycles. The molecular weight excluding hydrogens is 270 g/mol. The van der Waals surface area contributed by atoms with Crippen molar-refractivity contribution in [2.75, 3.05) is 11.0 Å². The molecule has 0 radical (unpaired) electrons. The maximum Gasteiger partial charge on any atom is 0.353 e. The first-order valence-corrected chi connectivity index (χ1v) is 7.11. The van der Waals surface area contributed by atoms with Gasteiger partial charge in [-0.05, 0) is 18.2 Å². The third kappa shape index (κ3) is 3.32. The van der Waals surface area contributed by atoms with Gasteiger partial charge in [0.05, 0.1) is 11.9 Å². The summed E-state index contributed by atoms with van der Waals surface area (Å²) in [4.78, 5) is 10.7. The molecule has 7 nitrogen and oxygen atoms in total. The largest absolute Gasteiger partial charge is 0.477 e. The third-order valence-corrected chi connectivity index (χ3v) is 2.88. The number of aromatic nitrogens is 2. The van der Waals surface area contributed by atoms with E-state index in [1.807, 2.05) is 0 Å². The number of anilines is 1. The summed E-state index contributed by atoms with van der Waals surface area (Å²) in [6, 6.07) is 7.90. The minimum atomic E-state index is -3.36. The Morgan fingerprint density at radius 3 is 2.68 bits per heavy atom. The number of hydrogen-bond donors (Lipinski definition) is 3. The van der Waals surface area contributed by atoms with Crippen molar-refractivity contribution in [1.82, 2.24) is 10.2 Å². The number of benzene rings is 1. The van der Waals surface area contributed by atoms with E-state index >= 15 is 0 Å². The van der Waals surface area contributed by atoms with Gasteiger partial charge in [-0.15, -0.1) is 0 Å². The molecular formula is C11H11N3O4S. The van der Waals surface area contributed by atoms with Crippen molar-refractivity contribution < 1.29 is 18.3 Å². The zero-order valence-corrected chi connectivity index (χ0v) is 10.7. The topological polar surface area (TPSA) is 112 Å². The number of carboxylic acids is 1. The van der Waals surface area contributed by atoms with Crippen molar-refractivity contribution in [3.63, 3.8) is 0 Å². The molecule has 2 rings (SSSR count). The van der Waals surface area contributed by atoms with Crippen molar-refractivity contribution in [2.24, 2.45) is 0 Å². The van der Waals surface area contributed by atoms with Gasteiger partial charge < -0.3 is 5.11 Å². The fraction of sp³-hybridized carbons (Fsp3) is 0.0909. The molecule has 8 heteroatoms. The van der Waals surface area contributed by atoms with Crippen LogP contribution in [0.4, 0.5) is 5.69 Å². The van der Waals surface area contributed by atoms with Gasteiger partial charge in [-0.25, -0.2) is 13.2 Å². The van der Waals surface area contributed by atoms with Crippen LogP contribution in [0.5, 0.6) is 0 Å². The maximum absolute atomic E-state index is 11.1. The molecule has 3 N–H and O–H groups in total. The lowest BCUT2D eigenvalue weighted by atomic mass is 10.1. The Bertz CT molecular complexity index is 721. The molecule has 0 bridgehead atoms. The van der Waals surface area contributed by atoms with E-state index in [9.17, 15) is 13.2 Å². The Hall–Kier alpha value is -2.35. The van der Waals surface area contributed by atoms with E-state index < -0.39 is 16.0 Å². The predicted octanol–water partition coefficient (Wildman–Crippen LogP) is 1.15. The molecule has 100 valence electrons. The van der Waals surface area contributed by atoms with Crippen LogP contribution in [0, 0.1) is 0 Å². The zero-order valence-electron chi connectivity index (χ0n) is 9.91. The summed E-state index contributed by atoms with van der Waals surface area (Å²) >= 11 is 0. The third-order valence-electron chi connectivity index (χ3n) is 2.27. The lowest BCUT2D eigenvalue weighted by Gasteiger charge is -2.04. The minimum absolute atomic E-state index is 0.0310. The minimum Gasteiger partial charge on any atom is -0.477 e. The summed E-state index contributed by atoms with van der Waals surface area (Å²) in [6.07, 6.45) is 1.05. The molecule has 1 aromatic carbocycles. The Morgan fingerprint density at radius 2 is 2.11 bits per heavy atom. The first kappa shape index (κ1) is 13.1. The SMILES string of the molecule is CS(=O)(=O)Nc1cccc(-c2cc(C(=O)O)[nH]n2)c1. The van der Waals surface area contributed by atoms with Crippen LogP contribution in [0.3, 0.4) is 0 Å². The van der Waals surface area contributed by atoms with Gasteiger partial charge in [0.25, 0.3) is 0 Å². The fourth-order valence-corrected chi connectivity index (χ4v) is 2.09. The highest BCUT2D eigenvalue weighted by Gasteiger charge is 2.10. The molecule has 0 spiro atoms. The molecule has 0 aliphatic heterocycles. The van der Waals surface area contributed by atoms with Crippen LogP contribution in [-0.4, -0.2) is 35.9 Å². The lowest BCUT2D eigenvalue weighted by Crippen LogP contribution is -2.09. The monoisotopic (exact) mass is 281 g/mol. The van der Waals surface area contributed by atoms with E-state index in [1.54, 1.807) is 24.3 Å². The molecule has 19 heavy (non-hydrogen) atoms. The van der Waals surface area contributed by atoms with Gasteiger partial charge in [0.1, 0.15) is 5.69 Å². The Labute approximate surface area is 109 Å². The summed E-state index contributed by atoms with van der Waals surface area (Å²) in [5.74, 6) is -1.11. The normalized spacial score (nSPS) is 11.2. The molecule has 0 unspecified atom stereocenters. The van der Waals surface area contributed by atoms with Crippen molar-refractivity contribution in [2.45, 2.75) is 0 Å². The summed E-state index contributed by atoms with van der Waals surface area (Å²) in [6.45, 7) is 0. The first-order chi connectivity index (χ1) is 8.85. The second kappa shape index (κ2) is 4.73. The molecule has 1 aromatic heterocycles. The molecule has 0 fully saturated rings. The molecule has 2 aromatic rings. The predicted molar refractivity (Wildman–Crippen MR) is 69.4 cm³/mol. The number of sulfonamides is 1. The standard InChI is InChI=1S/C11H11N3O4S/c1-19(17,18)14-8-4-2-3-7(5-8)9-6-10(11(15)16)13-12-9/h2-6,14H,1H3,(H,12,13)(H,15,16). The summed E-state index contributed by atoms with van der Waals surface area (Å²) < 4.78 is 24.6. The quantitative estimate of drug-likeness (QED) is 0.778. The Morgan fingerprint density at radius 1 is 1.37 bits per heavy atom. The summed E-state index contributed by atoms with van der Waals surface area (Å²) in [7, 11) is -3.36. The van der Waals surface area contributed by atoms with E-state index in [4.69, 9.17) is 5.11 Å². The van der Waals surface area contributed by atoms with Gasteiger partial charge in [-0.1, -0.05) is 12.1 Å². The first-order valence-electron chi connectivity index (χ1n) is 5.22. The van der Waals surface area contributed by atoms with Crippen LogP contribution in [0.2, 0.25) is 0 Å². The second-order valence-corrected chi connectivity index (χ2v) is 5.68. The Balaban J connectivity index is 2.34. The number of aromatic amines is 1. The van der Waals surface area contributed by atoms with Gasteiger partial charge in [0.2, 0.25) is 10.0 Å². The van der Waals surface area contributed by atoms with Gasteiger partial charge in [0, 0.05) is 11.3 Å². The highest BCUT2D eigenvalue weighted by molar-refractivity contribution is 7.92. The molecule has 0 aliphatic carbocycles. The van der Waals surface area contributed by atoms with Crippen molar-refractivity contribution in [3.8, 4) is 11.3 Å². The van der Waals surface area contributed by atoms with Crippen LogP contribution < -0.4 is 4.72 Å². The van der Waals surface area contributed by atoms with Crippen molar-refractivity contribution in [3.05, 3.63) is 36.0 Å². The average Bonchev–Trinajstić information content (AvgIpc) is 2.76. The number of H-pyrrole nitrogens is 1. The average molecular weight is 281 g/mol. The molecule has 0 saturated carbocycles. The van der Waals surface area contributed by atoms with Crippen LogP contribution >= 0.6 is 0 Å². The van der Waals surface area contributed by atoms with Gasteiger partial charge in [0.15, 0.2) is 0 Å². The van der Waals surface area contributed by atoms with Crippen LogP contribution in [0.25, 0.3) is 11.3 Å². The van der Waals surface area contributed by atoms with Gasteiger partial charge in [-0.2, -0.15) is 5.10 Å². The highest BCUT2D eigenvalue weighted by atomic mass is 32.2. The highest BCUT2D eigenvalue weighted by Crippen LogP contribution is 2.21. The summed E-state index contributed by atoms with van der Waals surface area (Å²) in [5, 5.41) is 15.0. The molecule has 0 atom stereocenters. The fourth-order valence-electron chi connectivity index (χ4n) is 1.54. The van der Waals surface area contributed by atoms with E-state index in [0.717, 1.165) is 6.26 Å². The number of carboxylic acid groups (broad SMARTS) is 1. The van der Waals surface area contributed by atoms with Crippen LogP contribution in [0.1, 0.15) is 10.5 Å². The van der Waals surface area contributed by atoms with Crippen molar-refractivity contribution >= 4 is 21.7 Å². The van der Waals surface area contributed by atoms with E-state index in [1.165, 1.54) is 6.07 Å². The van der Waals surface area contributed by atoms with Crippen LogP contribution in [-0.2, 0) is 10.0 Å². The number of carbonyl (C=O) groups is 1. The number of nitrogens with one attached hydrogen (secondary N) is 2. The van der Waals surface area contributed by atoms with E-state index in [-0.39, 0.29) is 5.69 Å². The Kier molecular flexibility index (Phi) is 3.26. The number of hydrogen-bond acceptors (Lipinski definition) is 4. The molecule has 0 aliphatic rings. The van der Waals surface area contributed by atoms with E-state index in [0.29, 0.717) is 16.9 Å². The molecule has 0 amide bonds. The lowest BCUT2D eigenvalue weighted by molar-refractivity contribution is 0.0690. The second-order valence-electron chi connectivity index (χ2n) is 3.93. The molecule has 1 heterocycles. The van der Waals surface area contributed by atoms with Gasteiger partial charge >= 0.3 is 5.97 Å². The summed E-state index contributed by atoms with van der Waals surface area (Å²) in [5.41, 5.74) is 1.39. The maximum atomic E-state index is 11.1. The van der Waals surface area contributed by atoms with Crippen molar-refractivity contribution in [1.29, 1.82) is 0 Å².